The van der Waals surface area contributed by atoms with Crippen molar-refractivity contribution in [2.24, 2.45) is 5.14 Å². The van der Waals surface area contributed by atoms with Crippen LogP contribution in [-0.2, 0) is 11.3 Å². The van der Waals surface area contributed by atoms with Gasteiger partial charge < -0.3 is 4.55 Å². The Balaban J connectivity index is 0.000000364. The van der Waals surface area contributed by atoms with Gasteiger partial charge in [-0.05, 0) is 12.1 Å². The van der Waals surface area contributed by atoms with Gasteiger partial charge in [0.25, 0.3) is 5.69 Å². The minimum Gasteiger partial charge on any atom is -0.760 e. The summed E-state index contributed by atoms with van der Waals surface area (Å²) < 4.78 is 18.4. The number of halogens is 1. The lowest BCUT2D eigenvalue weighted by molar-refractivity contribution is -0.384. The van der Waals surface area contributed by atoms with E-state index in [1.165, 1.54) is 12.1 Å². The number of nitrogens with two attached hydrogens (primary N) is 1. The Morgan fingerprint density at radius 2 is 1.71 bits per heavy atom. The molecule has 78 valence electrons. The summed E-state index contributed by atoms with van der Waals surface area (Å²) in [6.07, 6.45) is 0. The van der Waals surface area contributed by atoms with Gasteiger partial charge in [-0.1, -0.05) is 15.9 Å². The van der Waals surface area contributed by atoms with Crippen LogP contribution in [0.2, 0.25) is 0 Å². The van der Waals surface area contributed by atoms with E-state index in [0.717, 1.165) is 4.47 Å². The molecular weight excluding hydrogens is 276 g/mol. The molecule has 14 heavy (non-hydrogen) atoms. The molecule has 0 radical (unpaired) electrons. The van der Waals surface area contributed by atoms with E-state index in [0.29, 0.717) is 0 Å². The second-order valence-corrected chi connectivity index (χ2v) is 3.43. The number of non-ortho nitro benzene ring substituents is 1. The Morgan fingerprint density at radius 3 is 2.00 bits per heavy atom. The van der Waals surface area contributed by atoms with Gasteiger partial charge in [0, 0.05) is 27.9 Å². The summed E-state index contributed by atoms with van der Waals surface area (Å²) in [6.45, 7) is 0. The number of nitrogens with zero attached hydrogens (tertiary/aromatic N) is 1. The van der Waals surface area contributed by atoms with Gasteiger partial charge in [0.15, 0.2) is 0 Å². The summed E-state index contributed by atoms with van der Waals surface area (Å²) >= 11 is 0.811. The summed E-state index contributed by atoms with van der Waals surface area (Å²) in [5.74, 6) is 0. The van der Waals surface area contributed by atoms with Crippen molar-refractivity contribution in [1.82, 2.24) is 0 Å². The predicted molar refractivity (Wildman–Crippen MR) is 53.9 cm³/mol. The summed E-state index contributed by atoms with van der Waals surface area (Å²) in [4.78, 5) is 9.68. The van der Waals surface area contributed by atoms with Crippen LogP contribution < -0.4 is 5.14 Å². The van der Waals surface area contributed by atoms with Crippen LogP contribution in [0.1, 0.15) is 0 Å². The smallest absolute Gasteiger partial charge is 0.269 e. The molecule has 0 fully saturated rings. The highest BCUT2D eigenvalue weighted by atomic mass is 79.9. The van der Waals surface area contributed by atoms with E-state index >= 15 is 0 Å². The minimum atomic E-state index is -2.36. The normalized spacial score (nSPS) is 11.1. The number of hydrogen-bond acceptors (Lipinski definition) is 4. The monoisotopic (exact) mass is 281 g/mol. The molecule has 8 heteroatoms. The molecule has 0 aromatic heterocycles. The number of rotatable bonds is 1. The van der Waals surface area contributed by atoms with Crippen molar-refractivity contribution in [1.29, 1.82) is 0 Å². The fraction of sp³-hybridized carbons (Fsp3) is 0. The molecule has 1 aromatic carbocycles. The number of hydrogen-bond donors (Lipinski definition) is 1. The van der Waals surface area contributed by atoms with Gasteiger partial charge in [0.1, 0.15) is 0 Å². The van der Waals surface area contributed by atoms with Crippen molar-refractivity contribution >= 4 is 32.9 Å². The maximum atomic E-state index is 10.1. The van der Waals surface area contributed by atoms with Crippen molar-refractivity contribution in [3.05, 3.63) is 38.9 Å². The van der Waals surface area contributed by atoms with Crippen molar-refractivity contribution in [2.45, 2.75) is 0 Å². The van der Waals surface area contributed by atoms with Gasteiger partial charge in [-0.3, -0.25) is 19.5 Å². The van der Waals surface area contributed by atoms with Gasteiger partial charge in [-0.25, -0.2) is 0 Å². The minimum absolute atomic E-state index is 0.114. The molecule has 1 rings (SSSR count). The molecule has 0 aliphatic carbocycles. The lowest BCUT2D eigenvalue weighted by Gasteiger charge is -1.88. The molecule has 0 amide bonds. The van der Waals surface area contributed by atoms with Crippen molar-refractivity contribution in [3.63, 3.8) is 0 Å². The first-order valence-corrected chi connectivity index (χ1v) is 5.10. The zero-order valence-electron chi connectivity index (χ0n) is 6.75. The molecule has 2 N–H and O–H groups in total. The van der Waals surface area contributed by atoms with E-state index in [1.54, 1.807) is 12.1 Å². The molecule has 6 nitrogen and oxygen atoms in total. The lowest BCUT2D eigenvalue weighted by atomic mass is 10.3. The molecule has 1 atom stereocenters. The van der Waals surface area contributed by atoms with E-state index in [-0.39, 0.29) is 5.69 Å². The Morgan fingerprint density at radius 1 is 1.36 bits per heavy atom. The summed E-state index contributed by atoms with van der Waals surface area (Å²) in [6, 6.07) is 6.17. The highest BCUT2D eigenvalue weighted by Crippen LogP contribution is 2.15. The van der Waals surface area contributed by atoms with E-state index in [2.05, 4.69) is 21.1 Å². The van der Waals surface area contributed by atoms with Crippen molar-refractivity contribution in [3.8, 4) is 0 Å². The first-order valence-electron chi connectivity index (χ1n) is 3.17. The Kier molecular flexibility index (Phi) is 6.21. The molecule has 0 heterocycles. The van der Waals surface area contributed by atoms with Gasteiger partial charge in [-0.2, -0.15) is 0 Å². The largest absolute Gasteiger partial charge is 0.760 e. The molecule has 1 aromatic rings. The molecule has 1 unspecified atom stereocenters. The van der Waals surface area contributed by atoms with Crippen LogP contribution in [0.4, 0.5) is 5.69 Å². The van der Waals surface area contributed by atoms with Crippen LogP contribution in [0.3, 0.4) is 0 Å². The second kappa shape index (κ2) is 6.60. The summed E-state index contributed by atoms with van der Waals surface area (Å²) in [7, 11) is 0. The highest BCUT2D eigenvalue weighted by Gasteiger charge is 2.01. The van der Waals surface area contributed by atoms with Crippen LogP contribution >= 0.6 is 15.9 Å². The fourth-order valence-electron chi connectivity index (χ4n) is 0.563. The third-order valence-electron chi connectivity index (χ3n) is 1.04. The van der Waals surface area contributed by atoms with E-state index in [9.17, 15) is 10.1 Å². The van der Waals surface area contributed by atoms with Crippen molar-refractivity contribution < 1.29 is 13.7 Å². The maximum absolute atomic E-state index is 10.1. The number of nitro benzene ring substituents is 1. The topological polar surface area (TPSA) is 109 Å². The van der Waals surface area contributed by atoms with Gasteiger partial charge in [0.2, 0.25) is 0 Å². The third kappa shape index (κ3) is 6.66. The van der Waals surface area contributed by atoms with Crippen LogP contribution in [-0.4, -0.2) is 13.7 Å². The van der Waals surface area contributed by atoms with E-state index in [1.807, 2.05) is 0 Å². The summed E-state index contributed by atoms with van der Waals surface area (Å²) in [5.41, 5.74) is 0.114. The first kappa shape index (κ1) is 13.2. The third-order valence-corrected chi connectivity index (χ3v) is 1.57. The Labute approximate surface area is 90.8 Å². The quantitative estimate of drug-likeness (QED) is 0.472. The van der Waals surface area contributed by atoms with E-state index < -0.39 is 16.2 Å². The highest BCUT2D eigenvalue weighted by molar-refractivity contribution is 9.10. The molecule has 0 saturated heterocycles. The van der Waals surface area contributed by atoms with Crippen LogP contribution in [0.15, 0.2) is 28.7 Å². The zero-order chi connectivity index (χ0) is 11.1. The predicted octanol–water partition coefficient (Wildman–Crippen LogP) is 1.10. The molecule has 0 spiro atoms. The molecule has 0 aliphatic heterocycles. The summed E-state index contributed by atoms with van der Waals surface area (Å²) in [5, 5.41) is 14.1. The lowest BCUT2D eigenvalue weighted by Crippen LogP contribution is -1.97. The first-order chi connectivity index (χ1) is 6.43. The van der Waals surface area contributed by atoms with Gasteiger partial charge in [-0.15, -0.1) is 0 Å². The van der Waals surface area contributed by atoms with Crippen LogP contribution in [0.5, 0.6) is 0 Å². The number of benzene rings is 1. The zero-order valence-corrected chi connectivity index (χ0v) is 9.16. The molecule has 0 bridgehead atoms. The Bertz CT molecular complexity index is 325. The van der Waals surface area contributed by atoms with Crippen molar-refractivity contribution in [2.75, 3.05) is 0 Å². The fourth-order valence-corrected chi connectivity index (χ4v) is 0.827. The second-order valence-electron chi connectivity index (χ2n) is 1.99. The van der Waals surface area contributed by atoms with Crippen LogP contribution in [0.25, 0.3) is 0 Å². The molecular formula is C6H6BrN2O4S-. The average molecular weight is 282 g/mol. The molecule has 0 aliphatic rings. The molecule has 0 saturated carbocycles. The maximum Gasteiger partial charge on any atom is 0.269 e. The van der Waals surface area contributed by atoms with Gasteiger partial charge in [0.05, 0.1) is 4.92 Å². The van der Waals surface area contributed by atoms with E-state index in [4.69, 9.17) is 8.76 Å². The standard InChI is InChI=1S/C6H4BrNO2.H3NO2S/c7-5-1-3-6(4-2-5)8(9)10;1-4(2)3/h1-4H;1H2,(H,2,3)/p-1. The number of nitro groups is 1. The Hall–Kier alpha value is -0.830. The van der Waals surface area contributed by atoms with Crippen LogP contribution in [0, 0.1) is 10.1 Å². The average Bonchev–Trinajstić information content (AvgIpc) is 2.03. The van der Waals surface area contributed by atoms with Gasteiger partial charge >= 0.3 is 0 Å². The SMILES string of the molecule is NS(=O)[O-].O=[N+]([O-])c1ccc(Br)cc1.